The number of hydrogen-bond acceptors (Lipinski definition) is 5. The maximum absolute atomic E-state index is 9.35. The Balaban J connectivity index is 2.39. The van der Waals surface area contributed by atoms with Crippen LogP contribution in [-0.4, -0.2) is 26.4 Å². The van der Waals surface area contributed by atoms with E-state index in [9.17, 15) is 5.11 Å². The highest BCUT2D eigenvalue weighted by Crippen LogP contribution is 2.20. The van der Waals surface area contributed by atoms with Gasteiger partial charge in [0.25, 0.3) is 5.97 Å². The second-order valence-electron chi connectivity index (χ2n) is 2.84. The van der Waals surface area contributed by atoms with E-state index < -0.39 is 12.1 Å². The SMILES string of the molecule is OC(CCC(O)(O)O)c1ccco1. The zero-order valence-corrected chi connectivity index (χ0v) is 6.92. The standard InChI is InChI=1S/C8H12O5/c9-6(3-4-8(10,11)12)7-2-1-5-13-7/h1-2,5-6,9-12H,3-4H2. The number of rotatable bonds is 4. The van der Waals surface area contributed by atoms with E-state index in [1.807, 2.05) is 0 Å². The molecule has 1 atom stereocenters. The van der Waals surface area contributed by atoms with Crippen LogP contribution in [0, 0.1) is 0 Å². The highest BCUT2D eigenvalue weighted by atomic mass is 16.7. The fourth-order valence-corrected chi connectivity index (χ4v) is 0.954. The second-order valence-corrected chi connectivity index (χ2v) is 2.84. The Morgan fingerprint density at radius 2 is 2.08 bits per heavy atom. The van der Waals surface area contributed by atoms with E-state index in [4.69, 9.17) is 19.7 Å². The molecule has 1 aromatic rings. The molecule has 5 nitrogen and oxygen atoms in total. The summed E-state index contributed by atoms with van der Waals surface area (Å²) in [7, 11) is 0. The number of hydrogen-bond donors (Lipinski definition) is 4. The van der Waals surface area contributed by atoms with Crippen molar-refractivity contribution < 1.29 is 24.8 Å². The minimum atomic E-state index is -2.73. The van der Waals surface area contributed by atoms with E-state index in [1.165, 1.54) is 6.26 Å². The average molecular weight is 188 g/mol. The zero-order valence-electron chi connectivity index (χ0n) is 6.92. The van der Waals surface area contributed by atoms with E-state index in [2.05, 4.69) is 0 Å². The monoisotopic (exact) mass is 188 g/mol. The van der Waals surface area contributed by atoms with Crippen molar-refractivity contribution in [3.05, 3.63) is 24.2 Å². The highest BCUT2D eigenvalue weighted by Gasteiger charge is 2.21. The third-order valence-corrected chi connectivity index (χ3v) is 1.62. The Hall–Kier alpha value is -0.880. The van der Waals surface area contributed by atoms with Crippen molar-refractivity contribution in [3.8, 4) is 0 Å². The lowest BCUT2D eigenvalue weighted by Gasteiger charge is -2.15. The van der Waals surface area contributed by atoms with Crippen LogP contribution in [0.15, 0.2) is 22.8 Å². The molecule has 0 radical (unpaired) electrons. The lowest BCUT2D eigenvalue weighted by atomic mass is 10.1. The van der Waals surface area contributed by atoms with E-state index in [0.29, 0.717) is 5.76 Å². The van der Waals surface area contributed by atoms with E-state index in [-0.39, 0.29) is 12.8 Å². The first-order valence-corrected chi connectivity index (χ1v) is 3.87. The van der Waals surface area contributed by atoms with Crippen LogP contribution in [0.5, 0.6) is 0 Å². The molecule has 0 fully saturated rings. The average Bonchev–Trinajstić information content (AvgIpc) is 2.50. The number of aliphatic hydroxyl groups excluding tert-OH is 1. The van der Waals surface area contributed by atoms with Crippen LogP contribution >= 0.6 is 0 Å². The molecule has 1 rings (SSSR count). The lowest BCUT2D eigenvalue weighted by molar-refractivity contribution is -0.316. The summed E-state index contributed by atoms with van der Waals surface area (Å²) in [4.78, 5) is 0. The molecule has 0 spiro atoms. The van der Waals surface area contributed by atoms with Crippen molar-refractivity contribution in [2.45, 2.75) is 24.9 Å². The van der Waals surface area contributed by atoms with E-state index in [0.717, 1.165) is 0 Å². The van der Waals surface area contributed by atoms with Crippen molar-refractivity contribution in [1.29, 1.82) is 0 Å². The Kier molecular flexibility index (Phi) is 3.05. The molecule has 0 aromatic carbocycles. The molecule has 13 heavy (non-hydrogen) atoms. The smallest absolute Gasteiger partial charge is 0.275 e. The van der Waals surface area contributed by atoms with Crippen LogP contribution in [0.3, 0.4) is 0 Å². The minimum Gasteiger partial charge on any atom is -0.467 e. The molecule has 1 heterocycles. The van der Waals surface area contributed by atoms with Gasteiger partial charge in [-0.25, -0.2) is 0 Å². The fourth-order valence-electron chi connectivity index (χ4n) is 0.954. The van der Waals surface area contributed by atoms with Gasteiger partial charge in [0.15, 0.2) is 0 Å². The van der Waals surface area contributed by atoms with Crippen LogP contribution in [0.2, 0.25) is 0 Å². The Bertz CT molecular complexity index is 236. The van der Waals surface area contributed by atoms with Gasteiger partial charge in [-0.05, 0) is 18.6 Å². The van der Waals surface area contributed by atoms with Crippen molar-refractivity contribution >= 4 is 0 Å². The van der Waals surface area contributed by atoms with Gasteiger partial charge in [0.2, 0.25) is 0 Å². The van der Waals surface area contributed by atoms with Crippen molar-refractivity contribution in [3.63, 3.8) is 0 Å². The first-order valence-electron chi connectivity index (χ1n) is 3.87. The van der Waals surface area contributed by atoms with Gasteiger partial charge in [0.1, 0.15) is 11.9 Å². The minimum absolute atomic E-state index is 0.0109. The summed E-state index contributed by atoms with van der Waals surface area (Å²) in [5.41, 5.74) is 0. The van der Waals surface area contributed by atoms with E-state index >= 15 is 0 Å². The molecule has 0 aliphatic carbocycles. The van der Waals surface area contributed by atoms with Gasteiger partial charge < -0.3 is 24.8 Å². The second kappa shape index (κ2) is 3.89. The summed E-state index contributed by atoms with van der Waals surface area (Å²) in [5, 5.41) is 34.9. The fraction of sp³-hybridized carbons (Fsp3) is 0.500. The topological polar surface area (TPSA) is 94.1 Å². The van der Waals surface area contributed by atoms with Gasteiger partial charge in [0, 0.05) is 6.42 Å². The quantitative estimate of drug-likeness (QED) is 0.488. The summed E-state index contributed by atoms with van der Waals surface area (Å²) in [6, 6.07) is 3.18. The molecule has 74 valence electrons. The zero-order chi connectivity index (χ0) is 9.90. The summed E-state index contributed by atoms with van der Waals surface area (Å²) in [5.74, 6) is -2.39. The van der Waals surface area contributed by atoms with Crippen LogP contribution in [0.25, 0.3) is 0 Å². The number of aliphatic hydroxyl groups is 4. The first kappa shape index (κ1) is 10.2. The lowest BCUT2D eigenvalue weighted by Crippen LogP contribution is -2.27. The Morgan fingerprint density at radius 3 is 2.54 bits per heavy atom. The predicted octanol–water partition coefficient (Wildman–Crippen LogP) is -0.276. The Labute approximate surface area is 74.9 Å². The molecule has 0 aliphatic rings. The largest absolute Gasteiger partial charge is 0.467 e. The molecule has 4 N–H and O–H groups in total. The van der Waals surface area contributed by atoms with Crippen LogP contribution < -0.4 is 0 Å². The van der Waals surface area contributed by atoms with Crippen LogP contribution in [0.1, 0.15) is 24.7 Å². The number of furan rings is 1. The summed E-state index contributed by atoms with van der Waals surface area (Å²) in [6.45, 7) is 0. The maximum atomic E-state index is 9.35. The van der Waals surface area contributed by atoms with Crippen molar-refractivity contribution in [1.82, 2.24) is 0 Å². The molecular formula is C8H12O5. The normalized spacial score (nSPS) is 14.5. The van der Waals surface area contributed by atoms with Gasteiger partial charge in [0.05, 0.1) is 6.26 Å². The molecule has 5 heteroatoms. The predicted molar refractivity (Wildman–Crippen MR) is 42.3 cm³/mol. The summed E-state index contributed by atoms with van der Waals surface area (Å²) in [6.07, 6.45) is 0.148. The first-order chi connectivity index (χ1) is 5.99. The summed E-state index contributed by atoms with van der Waals surface area (Å²) >= 11 is 0. The molecule has 0 saturated carbocycles. The molecule has 1 unspecified atom stereocenters. The van der Waals surface area contributed by atoms with Gasteiger partial charge in [-0.3, -0.25) is 0 Å². The van der Waals surface area contributed by atoms with Gasteiger partial charge in [-0.1, -0.05) is 0 Å². The highest BCUT2D eigenvalue weighted by molar-refractivity contribution is 5.01. The molecule has 0 aliphatic heterocycles. The van der Waals surface area contributed by atoms with Crippen molar-refractivity contribution in [2.24, 2.45) is 0 Å². The summed E-state index contributed by atoms with van der Waals surface area (Å²) < 4.78 is 4.87. The molecule has 1 aromatic heterocycles. The third-order valence-electron chi connectivity index (χ3n) is 1.62. The van der Waals surface area contributed by atoms with Gasteiger partial charge >= 0.3 is 0 Å². The molecule has 0 amide bonds. The van der Waals surface area contributed by atoms with Crippen molar-refractivity contribution in [2.75, 3.05) is 0 Å². The van der Waals surface area contributed by atoms with E-state index in [1.54, 1.807) is 12.1 Å². The third kappa shape index (κ3) is 3.56. The van der Waals surface area contributed by atoms with Crippen LogP contribution in [0.4, 0.5) is 0 Å². The van der Waals surface area contributed by atoms with Crippen LogP contribution in [-0.2, 0) is 0 Å². The van der Waals surface area contributed by atoms with Gasteiger partial charge in [-0.15, -0.1) is 0 Å². The maximum Gasteiger partial charge on any atom is 0.275 e. The molecular weight excluding hydrogens is 176 g/mol. The van der Waals surface area contributed by atoms with Gasteiger partial charge in [-0.2, -0.15) is 0 Å². The molecule has 0 saturated heterocycles. The molecule has 0 bridgehead atoms. The Morgan fingerprint density at radius 1 is 1.38 bits per heavy atom.